The van der Waals surface area contributed by atoms with Gasteiger partial charge in [-0.15, -0.1) is 13.2 Å². The number of benzene rings is 1. The second-order valence-electron chi connectivity index (χ2n) is 3.30. The molecule has 17 heavy (non-hydrogen) atoms. The standard InChI is InChI=1S/C11H12F3NO2/c1-3-15(8(2)16)9-4-6-10(7-5-9)17-11(12,13)14/h4-7H,3H2,1-2H3. The van der Waals surface area contributed by atoms with E-state index in [1.54, 1.807) is 6.92 Å². The fourth-order valence-corrected chi connectivity index (χ4v) is 1.41. The van der Waals surface area contributed by atoms with Gasteiger partial charge in [0.05, 0.1) is 0 Å². The van der Waals surface area contributed by atoms with E-state index in [0.717, 1.165) is 0 Å². The predicted octanol–water partition coefficient (Wildman–Crippen LogP) is 2.96. The number of hydrogen-bond donors (Lipinski definition) is 0. The number of carbonyl (C=O) groups is 1. The molecule has 0 radical (unpaired) electrons. The Morgan fingerprint density at radius 3 is 2.18 bits per heavy atom. The molecule has 0 unspecified atom stereocenters. The number of amides is 1. The van der Waals surface area contributed by atoms with Crippen molar-refractivity contribution in [3.8, 4) is 5.75 Å². The van der Waals surface area contributed by atoms with Gasteiger partial charge in [0.15, 0.2) is 0 Å². The Balaban J connectivity index is 2.84. The molecule has 1 amide bonds. The lowest BCUT2D eigenvalue weighted by atomic mass is 10.2. The summed E-state index contributed by atoms with van der Waals surface area (Å²) >= 11 is 0. The molecule has 6 heteroatoms. The van der Waals surface area contributed by atoms with Crippen molar-refractivity contribution in [1.82, 2.24) is 0 Å². The van der Waals surface area contributed by atoms with Gasteiger partial charge in [0.2, 0.25) is 5.91 Å². The van der Waals surface area contributed by atoms with Crippen molar-refractivity contribution < 1.29 is 22.7 Å². The van der Waals surface area contributed by atoms with Crippen molar-refractivity contribution >= 4 is 11.6 Å². The molecule has 0 fully saturated rings. The van der Waals surface area contributed by atoms with Gasteiger partial charge in [0.25, 0.3) is 0 Å². The van der Waals surface area contributed by atoms with Crippen LogP contribution >= 0.6 is 0 Å². The van der Waals surface area contributed by atoms with Crippen molar-refractivity contribution in [3.63, 3.8) is 0 Å². The third kappa shape index (κ3) is 3.97. The summed E-state index contributed by atoms with van der Waals surface area (Å²) in [5.41, 5.74) is 0.537. The molecule has 0 atom stereocenters. The molecule has 0 N–H and O–H groups in total. The summed E-state index contributed by atoms with van der Waals surface area (Å²) < 4.78 is 39.5. The SMILES string of the molecule is CCN(C(C)=O)c1ccc(OC(F)(F)F)cc1. The lowest BCUT2D eigenvalue weighted by molar-refractivity contribution is -0.274. The molecular weight excluding hydrogens is 235 g/mol. The van der Waals surface area contributed by atoms with Crippen molar-refractivity contribution in [2.24, 2.45) is 0 Å². The number of halogens is 3. The highest BCUT2D eigenvalue weighted by atomic mass is 19.4. The zero-order valence-electron chi connectivity index (χ0n) is 9.41. The molecule has 0 heterocycles. The first-order chi connectivity index (χ1) is 7.83. The first-order valence-electron chi connectivity index (χ1n) is 4.97. The largest absolute Gasteiger partial charge is 0.573 e. The third-order valence-corrected chi connectivity index (χ3v) is 2.08. The van der Waals surface area contributed by atoms with Crippen LogP contribution in [0.15, 0.2) is 24.3 Å². The number of hydrogen-bond acceptors (Lipinski definition) is 2. The van der Waals surface area contributed by atoms with E-state index >= 15 is 0 Å². The topological polar surface area (TPSA) is 29.5 Å². The van der Waals surface area contributed by atoms with E-state index in [2.05, 4.69) is 4.74 Å². The summed E-state index contributed by atoms with van der Waals surface area (Å²) in [6.07, 6.45) is -4.70. The number of rotatable bonds is 3. The predicted molar refractivity (Wildman–Crippen MR) is 56.8 cm³/mol. The van der Waals surface area contributed by atoms with E-state index in [1.807, 2.05) is 0 Å². The zero-order valence-corrected chi connectivity index (χ0v) is 9.41. The van der Waals surface area contributed by atoms with Gasteiger partial charge >= 0.3 is 6.36 Å². The summed E-state index contributed by atoms with van der Waals surface area (Å²) in [5, 5.41) is 0. The molecule has 0 saturated carbocycles. The third-order valence-electron chi connectivity index (χ3n) is 2.08. The van der Waals surface area contributed by atoms with Crippen molar-refractivity contribution in [3.05, 3.63) is 24.3 Å². The van der Waals surface area contributed by atoms with Crippen LogP contribution in [0.4, 0.5) is 18.9 Å². The van der Waals surface area contributed by atoms with E-state index in [4.69, 9.17) is 0 Å². The van der Waals surface area contributed by atoms with Crippen LogP contribution in [0.2, 0.25) is 0 Å². The van der Waals surface area contributed by atoms with Gasteiger partial charge in [0.1, 0.15) is 5.75 Å². The molecule has 1 aromatic rings. The minimum absolute atomic E-state index is 0.169. The number of anilines is 1. The number of carbonyl (C=O) groups excluding carboxylic acids is 1. The van der Waals surface area contributed by atoms with Crippen LogP contribution in [-0.2, 0) is 4.79 Å². The summed E-state index contributed by atoms with van der Waals surface area (Å²) in [7, 11) is 0. The summed E-state index contributed by atoms with van der Waals surface area (Å²) in [6.45, 7) is 3.62. The average Bonchev–Trinajstić information content (AvgIpc) is 2.18. The van der Waals surface area contributed by atoms with Gasteiger partial charge in [0, 0.05) is 19.2 Å². The zero-order chi connectivity index (χ0) is 13.1. The molecule has 0 aromatic heterocycles. The smallest absolute Gasteiger partial charge is 0.406 e. The highest BCUT2D eigenvalue weighted by Crippen LogP contribution is 2.25. The van der Waals surface area contributed by atoms with Crippen LogP contribution in [0.25, 0.3) is 0 Å². The quantitative estimate of drug-likeness (QED) is 0.821. The highest BCUT2D eigenvalue weighted by Gasteiger charge is 2.31. The number of nitrogens with zero attached hydrogens (tertiary/aromatic N) is 1. The second-order valence-corrected chi connectivity index (χ2v) is 3.30. The Kier molecular flexibility index (Phi) is 3.98. The molecule has 0 aliphatic carbocycles. The average molecular weight is 247 g/mol. The molecule has 1 aromatic carbocycles. The fraction of sp³-hybridized carbons (Fsp3) is 0.364. The molecule has 0 spiro atoms. The van der Waals surface area contributed by atoms with Crippen LogP contribution in [0.1, 0.15) is 13.8 Å². The minimum atomic E-state index is -4.70. The van der Waals surface area contributed by atoms with Gasteiger partial charge in [-0.05, 0) is 31.2 Å². The fourth-order valence-electron chi connectivity index (χ4n) is 1.41. The minimum Gasteiger partial charge on any atom is -0.406 e. The normalized spacial score (nSPS) is 11.1. The van der Waals surface area contributed by atoms with E-state index in [0.29, 0.717) is 12.2 Å². The van der Waals surface area contributed by atoms with Crippen molar-refractivity contribution in [2.45, 2.75) is 20.2 Å². The van der Waals surface area contributed by atoms with Crippen LogP contribution in [0.3, 0.4) is 0 Å². The van der Waals surface area contributed by atoms with Crippen LogP contribution < -0.4 is 9.64 Å². The van der Waals surface area contributed by atoms with E-state index in [-0.39, 0.29) is 11.7 Å². The molecule has 1 rings (SSSR count). The summed E-state index contributed by atoms with van der Waals surface area (Å²) in [5.74, 6) is -0.474. The van der Waals surface area contributed by atoms with E-state index in [9.17, 15) is 18.0 Å². The van der Waals surface area contributed by atoms with Crippen LogP contribution in [-0.4, -0.2) is 18.8 Å². The van der Waals surface area contributed by atoms with Gasteiger partial charge in [-0.1, -0.05) is 0 Å². The molecule has 0 saturated heterocycles. The maximum absolute atomic E-state index is 11.9. The van der Waals surface area contributed by atoms with Gasteiger partial charge in [-0.25, -0.2) is 0 Å². The first-order valence-corrected chi connectivity index (χ1v) is 4.97. The molecular formula is C11H12F3NO2. The van der Waals surface area contributed by atoms with Crippen LogP contribution in [0.5, 0.6) is 5.75 Å². The van der Waals surface area contributed by atoms with Crippen molar-refractivity contribution in [2.75, 3.05) is 11.4 Å². The lowest BCUT2D eigenvalue weighted by Crippen LogP contribution is -2.27. The molecule has 0 bridgehead atoms. The number of alkyl halides is 3. The Bertz CT molecular complexity index is 387. The molecule has 0 aliphatic heterocycles. The molecule has 94 valence electrons. The van der Waals surface area contributed by atoms with Gasteiger partial charge in [-0.2, -0.15) is 0 Å². The number of ether oxygens (including phenoxy) is 1. The van der Waals surface area contributed by atoms with Crippen LogP contribution in [0, 0.1) is 0 Å². The molecule has 0 aliphatic rings. The van der Waals surface area contributed by atoms with E-state index < -0.39 is 6.36 Å². The maximum atomic E-state index is 11.9. The van der Waals surface area contributed by atoms with Gasteiger partial charge < -0.3 is 9.64 Å². The Morgan fingerprint density at radius 1 is 1.29 bits per heavy atom. The van der Waals surface area contributed by atoms with Crippen molar-refractivity contribution in [1.29, 1.82) is 0 Å². The molecule has 3 nitrogen and oxygen atoms in total. The van der Waals surface area contributed by atoms with E-state index in [1.165, 1.54) is 36.1 Å². The second kappa shape index (κ2) is 5.07. The monoisotopic (exact) mass is 247 g/mol. The Hall–Kier alpha value is -1.72. The Labute approximate surface area is 96.8 Å². The maximum Gasteiger partial charge on any atom is 0.573 e. The first kappa shape index (κ1) is 13.3. The van der Waals surface area contributed by atoms with Gasteiger partial charge in [-0.3, -0.25) is 4.79 Å². The highest BCUT2D eigenvalue weighted by molar-refractivity contribution is 5.91. The lowest BCUT2D eigenvalue weighted by Gasteiger charge is -2.19. The Morgan fingerprint density at radius 2 is 1.82 bits per heavy atom. The summed E-state index contributed by atoms with van der Waals surface area (Å²) in [6, 6.07) is 5.17. The summed E-state index contributed by atoms with van der Waals surface area (Å²) in [4.78, 5) is 12.6.